The SMILES string of the molecule is Cc1ccccc1C1c2c(n(C)c(=O)n(C)c2=O)OC12C(=O)N(C)C(=O)N(C)C2=O. The highest BCUT2D eigenvalue weighted by Crippen LogP contribution is 2.49. The first-order valence-corrected chi connectivity index (χ1v) is 9.20. The van der Waals surface area contributed by atoms with E-state index in [1.807, 2.05) is 0 Å². The molecule has 0 radical (unpaired) electrons. The lowest BCUT2D eigenvalue weighted by atomic mass is 9.75. The van der Waals surface area contributed by atoms with Gasteiger partial charge in [-0.15, -0.1) is 0 Å². The largest absolute Gasteiger partial charge is 0.450 e. The van der Waals surface area contributed by atoms with Gasteiger partial charge in [0.05, 0.1) is 11.5 Å². The fraction of sp³-hybridized carbons (Fsp3) is 0.350. The minimum Gasteiger partial charge on any atom is -0.450 e. The predicted octanol–water partition coefficient (Wildman–Crippen LogP) is -0.294. The molecule has 2 aliphatic heterocycles. The van der Waals surface area contributed by atoms with Crippen molar-refractivity contribution < 1.29 is 19.1 Å². The molecule has 4 amide bonds. The summed E-state index contributed by atoms with van der Waals surface area (Å²) < 4.78 is 7.93. The lowest BCUT2D eigenvalue weighted by Crippen LogP contribution is -2.70. The molecular weight excluding hydrogens is 392 g/mol. The number of carbonyl (C=O) groups excluding carboxylic acids is 3. The highest BCUT2D eigenvalue weighted by atomic mass is 16.5. The van der Waals surface area contributed by atoms with E-state index in [0.29, 0.717) is 5.56 Å². The zero-order chi connectivity index (χ0) is 22.1. The summed E-state index contributed by atoms with van der Waals surface area (Å²) in [4.78, 5) is 66.4. The number of likely N-dealkylation sites (N-methyl/N-ethyl adjacent to an activating group) is 2. The molecule has 1 unspecified atom stereocenters. The van der Waals surface area contributed by atoms with Crippen LogP contribution in [0.2, 0.25) is 0 Å². The van der Waals surface area contributed by atoms with Crippen LogP contribution in [0.15, 0.2) is 33.9 Å². The van der Waals surface area contributed by atoms with Gasteiger partial charge in [-0.2, -0.15) is 0 Å². The Labute approximate surface area is 170 Å². The van der Waals surface area contributed by atoms with Gasteiger partial charge in [-0.25, -0.2) is 9.59 Å². The molecule has 30 heavy (non-hydrogen) atoms. The first kappa shape index (κ1) is 19.6. The number of urea groups is 1. The minimum atomic E-state index is -2.22. The smallest absolute Gasteiger partial charge is 0.333 e. The van der Waals surface area contributed by atoms with E-state index in [2.05, 4.69) is 0 Å². The number of benzene rings is 1. The zero-order valence-corrected chi connectivity index (χ0v) is 17.1. The molecule has 0 saturated carbocycles. The van der Waals surface area contributed by atoms with Crippen molar-refractivity contribution in [3.05, 3.63) is 61.8 Å². The molecule has 0 aliphatic carbocycles. The number of imide groups is 2. The zero-order valence-electron chi connectivity index (χ0n) is 17.1. The number of barbiturate groups is 1. The maximum atomic E-state index is 13.4. The third kappa shape index (κ3) is 2.15. The Morgan fingerprint density at radius 2 is 1.43 bits per heavy atom. The molecule has 2 aromatic rings. The van der Waals surface area contributed by atoms with Crippen LogP contribution in [0.3, 0.4) is 0 Å². The molecule has 4 rings (SSSR count). The van der Waals surface area contributed by atoms with Gasteiger partial charge in [0.25, 0.3) is 23.0 Å². The van der Waals surface area contributed by atoms with Gasteiger partial charge in [-0.05, 0) is 18.1 Å². The van der Waals surface area contributed by atoms with Crippen LogP contribution in [0.4, 0.5) is 4.79 Å². The van der Waals surface area contributed by atoms with E-state index >= 15 is 0 Å². The second kappa shape index (κ2) is 6.15. The van der Waals surface area contributed by atoms with Crippen molar-refractivity contribution >= 4 is 17.8 Å². The summed E-state index contributed by atoms with van der Waals surface area (Å²) in [7, 11) is 5.20. The number of aryl methyl sites for hydroxylation is 1. The van der Waals surface area contributed by atoms with Crippen LogP contribution in [-0.2, 0) is 23.7 Å². The molecule has 0 N–H and O–H groups in total. The van der Waals surface area contributed by atoms with Crippen LogP contribution in [0.25, 0.3) is 0 Å². The number of aromatic nitrogens is 2. The van der Waals surface area contributed by atoms with Gasteiger partial charge in [-0.1, -0.05) is 24.3 Å². The maximum absolute atomic E-state index is 13.4. The first-order chi connectivity index (χ1) is 14.1. The topological polar surface area (TPSA) is 111 Å². The van der Waals surface area contributed by atoms with Gasteiger partial charge in [-0.3, -0.25) is 33.3 Å². The summed E-state index contributed by atoms with van der Waals surface area (Å²) >= 11 is 0. The molecule has 1 fully saturated rings. The highest BCUT2D eigenvalue weighted by Gasteiger charge is 2.68. The van der Waals surface area contributed by atoms with E-state index < -0.39 is 40.6 Å². The highest BCUT2D eigenvalue weighted by molar-refractivity contribution is 6.22. The Bertz CT molecular complexity index is 1230. The number of ether oxygens (including phenoxy) is 1. The molecule has 0 bridgehead atoms. The summed E-state index contributed by atoms with van der Waals surface area (Å²) in [5, 5.41) is 0. The fourth-order valence-electron chi connectivity index (χ4n) is 4.24. The quantitative estimate of drug-likeness (QED) is 0.595. The molecule has 2 aliphatic rings. The van der Waals surface area contributed by atoms with E-state index in [9.17, 15) is 24.0 Å². The second-order valence-corrected chi connectivity index (χ2v) is 7.56. The molecule has 10 nitrogen and oxygen atoms in total. The van der Waals surface area contributed by atoms with E-state index in [4.69, 9.17) is 4.74 Å². The summed E-state index contributed by atoms with van der Waals surface area (Å²) in [6, 6.07) is 6.18. The molecule has 1 aromatic heterocycles. The minimum absolute atomic E-state index is 0.0201. The molecule has 1 saturated heterocycles. The number of fused-ring (bicyclic) bond motifs is 1. The van der Waals surface area contributed by atoms with Crippen molar-refractivity contribution in [2.24, 2.45) is 14.1 Å². The number of hydrogen-bond donors (Lipinski definition) is 0. The van der Waals surface area contributed by atoms with E-state index in [-0.39, 0.29) is 11.4 Å². The maximum Gasteiger partial charge on any atom is 0.333 e. The van der Waals surface area contributed by atoms with Gasteiger partial charge >= 0.3 is 11.7 Å². The molecular formula is C20H20N4O6. The normalized spacial score (nSPS) is 20.0. The van der Waals surface area contributed by atoms with Gasteiger partial charge in [0, 0.05) is 28.2 Å². The summed E-state index contributed by atoms with van der Waals surface area (Å²) in [6.45, 7) is 1.78. The van der Waals surface area contributed by atoms with Gasteiger partial charge in [0.1, 0.15) is 0 Å². The van der Waals surface area contributed by atoms with Crippen LogP contribution >= 0.6 is 0 Å². The Morgan fingerprint density at radius 1 is 0.867 bits per heavy atom. The van der Waals surface area contributed by atoms with Crippen molar-refractivity contribution in [1.29, 1.82) is 0 Å². The van der Waals surface area contributed by atoms with Gasteiger partial charge < -0.3 is 4.74 Å². The Hall–Kier alpha value is -3.69. The Kier molecular flexibility index (Phi) is 4.02. The summed E-state index contributed by atoms with van der Waals surface area (Å²) in [6.07, 6.45) is 0. The third-order valence-corrected chi connectivity index (χ3v) is 5.91. The van der Waals surface area contributed by atoms with Crippen LogP contribution in [-0.4, -0.2) is 56.5 Å². The number of rotatable bonds is 1. The average molecular weight is 412 g/mol. The first-order valence-electron chi connectivity index (χ1n) is 9.20. The lowest BCUT2D eigenvalue weighted by molar-refractivity contribution is -0.164. The van der Waals surface area contributed by atoms with E-state index in [1.54, 1.807) is 31.2 Å². The molecule has 1 spiro atoms. The van der Waals surface area contributed by atoms with Crippen molar-refractivity contribution in [3.8, 4) is 5.88 Å². The van der Waals surface area contributed by atoms with Gasteiger partial charge in [0.2, 0.25) is 5.88 Å². The van der Waals surface area contributed by atoms with Crippen molar-refractivity contribution in [3.63, 3.8) is 0 Å². The van der Waals surface area contributed by atoms with Crippen LogP contribution in [0.5, 0.6) is 5.88 Å². The van der Waals surface area contributed by atoms with E-state index in [1.165, 1.54) is 28.2 Å². The average Bonchev–Trinajstić information content (AvgIpc) is 3.10. The van der Waals surface area contributed by atoms with Crippen molar-refractivity contribution in [2.75, 3.05) is 14.1 Å². The number of hydrogen-bond acceptors (Lipinski definition) is 6. The van der Waals surface area contributed by atoms with Crippen molar-refractivity contribution in [2.45, 2.75) is 18.4 Å². The van der Waals surface area contributed by atoms with Crippen molar-refractivity contribution in [1.82, 2.24) is 18.9 Å². The van der Waals surface area contributed by atoms with Crippen LogP contribution in [0, 0.1) is 6.92 Å². The second-order valence-electron chi connectivity index (χ2n) is 7.56. The molecule has 156 valence electrons. The number of amides is 4. The van der Waals surface area contributed by atoms with E-state index in [0.717, 1.165) is 24.5 Å². The number of nitrogens with zero attached hydrogens (tertiary/aromatic N) is 4. The fourth-order valence-corrected chi connectivity index (χ4v) is 4.24. The number of carbonyl (C=O) groups is 3. The monoisotopic (exact) mass is 412 g/mol. The summed E-state index contributed by atoms with van der Waals surface area (Å²) in [5.41, 5.74) is -2.29. The van der Waals surface area contributed by atoms with Crippen LogP contribution < -0.4 is 16.0 Å². The molecule has 3 heterocycles. The van der Waals surface area contributed by atoms with Crippen LogP contribution in [0.1, 0.15) is 22.6 Å². The molecule has 1 atom stereocenters. The standard InChI is InChI=1S/C20H20N4O6/c1-10-8-6-7-9-11(10)13-12-14(25)21(2)18(28)22(3)15(12)30-20(13)16(26)23(4)19(29)24(5)17(20)27/h6-9,13H,1-5H3. The summed E-state index contributed by atoms with van der Waals surface area (Å²) in [5.74, 6) is -3.09. The molecule has 10 heteroatoms. The van der Waals surface area contributed by atoms with Gasteiger partial charge in [0.15, 0.2) is 0 Å². The predicted molar refractivity (Wildman–Crippen MR) is 104 cm³/mol. The molecule has 1 aromatic carbocycles. The lowest BCUT2D eigenvalue weighted by Gasteiger charge is -2.41. The Balaban J connectivity index is 2.15. The third-order valence-electron chi connectivity index (χ3n) is 5.91. The Morgan fingerprint density at radius 3 is 2.00 bits per heavy atom.